The molecule has 0 saturated heterocycles. The summed E-state index contributed by atoms with van der Waals surface area (Å²) in [5.41, 5.74) is 1.24. The van der Waals surface area contributed by atoms with Crippen molar-refractivity contribution in [1.82, 2.24) is 0 Å². The second-order valence-corrected chi connectivity index (χ2v) is 8.26. The van der Waals surface area contributed by atoms with Crippen LogP contribution in [0, 0.1) is 17.7 Å². The molecule has 0 amide bonds. The SMILES string of the molecule is C=C(C)C(=O)Oc1ccc(-c2ccc(OC(=O)C3CCC(CCC)CC3)cc2)c(F)c1. The summed E-state index contributed by atoms with van der Waals surface area (Å²) in [6.07, 6.45) is 6.36. The molecule has 0 heterocycles. The fraction of sp³-hybridized carbons (Fsp3) is 0.385. The third kappa shape index (κ3) is 6.03. The van der Waals surface area contributed by atoms with Crippen LogP contribution in [0.1, 0.15) is 52.4 Å². The normalized spacial score (nSPS) is 18.3. The van der Waals surface area contributed by atoms with Gasteiger partial charge in [-0.1, -0.05) is 38.5 Å². The Bertz CT molecular complexity index is 940. The quantitative estimate of drug-likeness (QED) is 0.290. The second kappa shape index (κ2) is 10.4. The van der Waals surface area contributed by atoms with Crippen LogP contribution in [0.4, 0.5) is 4.39 Å². The highest BCUT2D eigenvalue weighted by molar-refractivity contribution is 5.88. The lowest BCUT2D eigenvalue weighted by molar-refractivity contribution is -0.140. The number of esters is 2. The lowest BCUT2D eigenvalue weighted by Crippen LogP contribution is -2.25. The molecule has 0 spiro atoms. The van der Waals surface area contributed by atoms with Gasteiger partial charge < -0.3 is 9.47 Å². The van der Waals surface area contributed by atoms with Gasteiger partial charge in [-0.05, 0) is 68.4 Å². The predicted octanol–water partition coefficient (Wildman–Crippen LogP) is 6.49. The molecule has 31 heavy (non-hydrogen) atoms. The fourth-order valence-electron chi connectivity index (χ4n) is 3.98. The minimum Gasteiger partial charge on any atom is -0.426 e. The molecule has 2 aromatic carbocycles. The summed E-state index contributed by atoms with van der Waals surface area (Å²) in [6, 6.07) is 11.0. The first kappa shape index (κ1) is 22.7. The van der Waals surface area contributed by atoms with Crippen molar-refractivity contribution in [2.24, 2.45) is 11.8 Å². The van der Waals surface area contributed by atoms with Crippen molar-refractivity contribution in [2.75, 3.05) is 0 Å². The molecule has 0 N–H and O–H groups in total. The van der Waals surface area contributed by atoms with Crippen molar-refractivity contribution in [1.29, 1.82) is 0 Å². The number of benzene rings is 2. The Balaban J connectivity index is 1.60. The van der Waals surface area contributed by atoms with Crippen LogP contribution in [0.15, 0.2) is 54.6 Å². The van der Waals surface area contributed by atoms with Crippen LogP contribution < -0.4 is 9.47 Å². The second-order valence-electron chi connectivity index (χ2n) is 8.26. The number of hydrogen-bond donors (Lipinski definition) is 0. The Morgan fingerprint density at radius 2 is 1.65 bits per heavy atom. The molecule has 0 atom stereocenters. The first-order valence-electron chi connectivity index (χ1n) is 10.9. The van der Waals surface area contributed by atoms with Gasteiger partial charge >= 0.3 is 11.9 Å². The Labute approximate surface area is 183 Å². The molecule has 2 aromatic rings. The van der Waals surface area contributed by atoms with Crippen molar-refractivity contribution < 1.29 is 23.5 Å². The van der Waals surface area contributed by atoms with Crippen LogP contribution in [-0.2, 0) is 9.59 Å². The van der Waals surface area contributed by atoms with Gasteiger partial charge in [0.1, 0.15) is 17.3 Å². The number of rotatable bonds is 7. The lowest BCUT2D eigenvalue weighted by Gasteiger charge is -2.26. The standard InChI is InChI=1S/C26H29FO4/c1-4-5-18-6-8-20(9-7-18)26(29)30-21-12-10-19(11-13-21)23-15-14-22(16-24(23)27)31-25(28)17(2)3/h10-16,18,20H,2,4-9H2,1,3H3. The molecule has 4 nitrogen and oxygen atoms in total. The average Bonchev–Trinajstić information content (AvgIpc) is 2.75. The first-order valence-corrected chi connectivity index (χ1v) is 10.9. The van der Waals surface area contributed by atoms with Crippen LogP contribution in [0.5, 0.6) is 11.5 Å². The van der Waals surface area contributed by atoms with E-state index in [1.807, 2.05) is 0 Å². The zero-order chi connectivity index (χ0) is 22.4. The van der Waals surface area contributed by atoms with Crippen LogP contribution in [-0.4, -0.2) is 11.9 Å². The van der Waals surface area contributed by atoms with Gasteiger partial charge in [0.2, 0.25) is 0 Å². The van der Waals surface area contributed by atoms with E-state index in [1.165, 1.54) is 31.9 Å². The highest BCUT2D eigenvalue weighted by atomic mass is 19.1. The van der Waals surface area contributed by atoms with Crippen LogP contribution in [0.25, 0.3) is 11.1 Å². The van der Waals surface area contributed by atoms with Crippen molar-refractivity contribution in [3.05, 3.63) is 60.4 Å². The Hall–Kier alpha value is -2.95. The summed E-state index contributed by atoms with van der Waals surface area (Å²) in [5, 5.41) is 0. The number of carbonyl (C=O) groups is 2. The van der Waals surface area contributed by atoms with Gasteiger partial charge in [0.25, 0.3) is 0 Å². The lowest BCUT2D eigenvalue weighted by atomic mass is 9.80. The summed E-state index contributed by atoms with van der Waals surface area (Å²) >= 11 is 0. The minimum absolute atomic E-state index is 0.0420. The molecule has 0 bridgehead atoms. The van der Waals surface area contributed by atoms with E-state index < -0.39 is 11.8 Å². The number of hydrogen-bond acceptors (Lipinski definition) is 4. The van der Waals surface area contributed by atoms with E-state index in [9.17, 15) is 14.0 Å². The van der Waals surface area contributed by atoms with Crippen molar-refractivity contribution in [3.63, 3.8) is 0 Å². The van der Waals surface area contributed by atoms with E-state index >= 15 is 0 Å². The fourth-order valence-corrected chi connectivity index (χ4v) is 3.98. The summed E-state index contributed by atoms with van der Waals surface area (Å²) in [4.78, 5) is 24.1. The Kier molecular flexibility index (Phi) is 7.61. The van der Waals surface area contributed by atoms with E-state index in [-0.39, 0.29) is 23.2 Å². The third-order valence-corrected chi connectivity index (χ3v) is 5.76. The van der Waals surface area contributed by atoms with Gasteiger partial charge in [0.15, 0.2) is 0 Å². The molecule has 0 radical (unpaired) electrons. The first-order chi connectivity index (χ1) is 14.9. The van der Waals surface area contributed by atoms with E-state index in [2.05, 4.69) is 13.5 Å². The molecule has 1 aliphatic carbocycles. The third-order valence-electron chi connectivity index (χ3n) is 5.76. The molecule has 1 aliphatic rings. The highest BCUT2D eigenvalue weighted by Crippen LogP contribution is 2.33. The van der Waals surface area contributed by atoms with Gasteiger partial charge in [-0.3, -0.25) is 4.79 Å². The zero-order valence-corrected chi connectivity index (χ0v) is 18.2. The largest absolute Gasteiger partial charge is 0.426 e. The summed E-state index contributed by atoms with van der Waals surface area (Å²) in [7, 11) is 0. The molecule has 0 aromatic heterocycles. The summed E-state index contributed by atoms with van der Waals surface area (Å²) in [6.45, 7) is 7.23. The summed E-state index contributed by atoms with van der Waals surface area (Å²) in [5.74, 6) is -0.0285. The maximum atomic E-state index is 14.5. The molecule has 0 unspecified atom stereocenters. The molecule has 1 fully saturated rings. The molecule has 5 heteroatoms. The van der Waals surface area contributed by atoms with Crippen LogP contribution in [0.3, 0.4) is 0 Å². The van der Waals surface area contributed by atoms with Crippen molar-refractivity contribution in [2.45, 2.75) is 52.4 Å². The van der Waals surface area contributed by atoms with Crippen LogP contribution >= 0.6 is 0 Å². The number of carbonyl (C=O) groups excluding carboxylic acids is 2. The van der Waals surface area contributed by atoms with Crippen molar-refractivity contribution >= 4 is 11.9 Å². The summed E-state index contributed by atoms with van der Waals surface area (Å²) < 4.78 is 25.1. The number of ether oxygens (including phenoxy) is 2. The maximum absolute atomic E-state index is 14.5. The average molecular weight is 425 g/mol. The van der Waals surface area contributed by atoms with Gasteiger partial charge in [-0.15, -0.1) is 0 Å². The van der Waals surface area contributed by atoms with Gasteiger partial charge in [-0.25, -0.2) is 9.18 Å². The van der Waals surface area contributed by atoms with Gasteiger partial charge in [-0.2, -0.15) is 0 Å². The Morgan fingerprint density at radius 3 is 2.23 bits per heavy atom. The molecule has 164 valence electrons. The van der Waals surface area contributed by atoms with Gasteiger partial charge in [0.05, 0.1) is 5.92 Å². The predicted molar refractivity (Wildman–Crippen MR) is 118 cm³/mol. The molecule has 3 rings (SSSR count). The number of halogens is 1. The van der Waals surface area contributed by atoms with E-state index in [4.69, 9.17) is 9.47 Å². The smallest absolute Gasteiger partial charge is 0.338 e. The maximum Gasteiger partial charge on any atom is 0.338 e. The topological polar surface area (TPSA) is 52.6 Å². The van der Waals surface area contributed by atoms with Crippen molar-refractivity contribution in [3.8, 4) is 22.6 Å². The monoisotopic (exact) mass is 424 g/mol. The highest BCUT2D eigenvalue weighted by Gasteiger charge is 2.27. The molecular formula is C26H29FO4. The molecule has 1 saturated carbocycles. The minimum atomic E-state index is -0.600. The van der Waals surface area contributed by atoms with Gasteiger partial charge in [0, 0.05) is 17.2 Å². The van der Waals surface area contributed by atoms with Crippen LogP contribution in [0.2, 0.25) is 0 Å². The molecule has 0 aliphatic heterocycles. The Morgan fingerprint density at radius 1 is 1.00 bits per heavy atom. The van der Waals surface area contributed by atoms with E-state index in [0.717, 1.165) is 31.6 Å². The molecular weight excluding hydrogens is 395 g/mol. The van der Waals surface area contributed by atoms with E-state index in [0.29, 0.717) is 16.9 Å². The van der Waals surface area contributed by atoms with E-state index in [1.54, 1.807) is 30.3 Å². The zero-order valence-electron chi connectivity index (χ0n) is 18.2.